The molecule has 0 radical (unpaired) electrons. The van der Waals surface area contributed by atoms with Gasteiger partial charge < -0.3 is 9.80 Å². The van der Waals surface area contributed by atoms with Gasteiger partial charge >= 0.3 is 5.69 Å². The van der Waals surface area contributed by atoms with Gasteiger partial charge in [-0.15, -0.1) is 0 Å². The Hall–Kier alpha value is -4.21. The number of nitrogens with zero attached hydrogens (tertiary/aromatic N) is 5. The number of carbonyl (C=O) groups excluding carboxylic acids is 1. The number of amides is 1. The van der Waals surface area contributed by atoms with E-state index in [1.807, 2.05) is 35.2 Å². The van der Waals surface area contributed by atoms with E-state index in [4.69, 9.17) is 0 Å². The molecule has 0 N–H and O–H groups in total. The molecule has 0 unspecified atom stereocenters. The molecule has 0 spiro atoms. The number of non-ortho nitro benzene ring substituents is 1. The van der Waals surface area contributed by atoms with Crippen molar-refractivity contribution in [1.29, 1.82) is 0 Å². The van der Waals surface area contributed by atoms with Gasteiger partial charge in [-0.1, -0.05) is 36.4 Å². The number of anilines is 1. The highest BCUT2D eigenvalue weighted by molar-refractivity contribution is 5.76. The summed E-state index contributed by atoms with van der Waals surface area (Å²) in [6.45, 7) is 1.74. The van der Waals surface area contributed by atoms with Gasteiger partial charge in [-0.3, -0.25) is 28.8 Å². The van der Waals surface area contributed by atoms with Gasteiger partial charge in [0.2, 0.25) is 5.91 Å². The number of nitro groups is 1. The fraction of sp³-hybridized carbons (Fsp3) is 0.261. The molecule has 1 aliphatic heterocycles. The molecular weight excluding hydrogens is 426 g/mol. The second-order valence-corrected chi connectivity index (χ2v) is 7.78. The Bertz CT molecular complexity index is 1280. The predicted octanol–water partition coefficient (Wildman–Crippen LogP) is 1.32. The molecule has 170 valence electrons. The van der Waals surface area contributed by atoms with Crippen LogP contribution in [-0.4, -0.2) is 51.0 Å². The molecule has 0 bridgehead atoms. The highest BCUT2D eigenvalue weighted by Crippen LogP contribution is 2.22. The van der Waals surface area contributed by atoms with Crippen LogP contribution in [0, 0.1) is 10.1 Å². The van der Waals surface area contributed by atoms with Gasteiger partial charge in [0.1, 0.15) is 6.54 Å². The van der Waals surface area contributed by atoms with Crippen molar-refractivity contribution in [2.75, 3.05) is 31.1 Å². The summed E-state index contributed by atoms with van der Waals surface area (Å²) in [6, 6.07) is 17.0. The van der Waals surface area contributed by atoms with Gasteiger partial charge in [-0.25, -0.2) is 4.79 Å². The molecule has 3 aromatic rings. The lowest BCUT2D eigenvalue weighted by Crippen LogP contribution is -2.51. The third kappa shape index (κ3) is 5.00. The summed E-state index contributed by atoms with van der Waals surface area (Å²) < 4.78 is 2.36. The standard InChI is InChI=1S/C23H23N5O5/c29-21-9-10-26(16-18-5-2-1-3-6-18)23(31)27(21)17-22(30)25-13-11-24(12-14-25)19-7-4-8-20(15-19)28(32)33/h1-10,15H,11-14,16-17H2. The van der Waals surface area contributed by atoms with Gasteiger partial charge in [0.05, 0.1) is 11.5 Å². The van der Waals surface area contributed by atoms with Crippen LogP contribution < -0.4 is 16.1 Å². The van der Waals surface area contributed by atoms with Crippen molar-refractivity contribution < 1.29 is 9.72 Å². The molecule has 10 heteroatoms. The van der Waals surface area contributed by atoms with Crippen LogP contribution in [0.25, 0.3) is 0 Å². The van der Waals surface area contributed by atoms with Crippen molar-refractivity contribution in [3.05, 3.63) is 103 Å². The van der Waals surface area contributed by atoms with E-state index >= 15 is 0 Å². The summed E-state index contributed by atoms with van der Waals surface area (Å²) >= 11 is 0. The third-order valence-corrected chi connectivity index (χ3v) is 5.67. The van der Waals surface area contributed by atoms with Crippen LogP contribution in [0.15, 0.2) is 76.4 Å². The summed E-state index contributed by atoms with van der Waals surface area (Å²) in [4.78, 5) is 52.1. The number of benzene rings is 2. The first-order valence-corrected chi connectivity index (χ1v) is 10.5. The zero-order valence-corrected chi connectivity index (χ0v) is 17.9. The number of carbonyl (C=O) groups is 1. The Kier molecular flexibility index (Phi) is 6.34. The number of hydrogen-bond donors (Lipinski definition) is 0. The number of aromatic nitrogens is 2. The Morgan fingerprint density at radius 3 is 2.36 bits per heavy atom. The topological polar surface area (TPSA) is 111 Å². The van der Waals surface area contributed by atoms with E-state index in [1.165, 1.54) is 29.0 Å². The average molecular weight is 449 g/mol. The van der Waals surface area contributed by atoms with Crippen molar-refractivity contribution in [1.82, 2.24) is 14.0 Å². The lowest BCUT2D eigenvalue weighted by Gasteiger charge is -2.36. The highest BCUT2D eigenvalue weighted by atomic mass is 16.6. The first-order valence-electron chi connectivity index (χ1n) is 10.5. The van der Waals surface area contributed by atoms with E-state index in [2.05, 4.69) is 0 Å². The zero-order chi connectivity index (χ0) is 23.4. The first kappa shape index (κ1) is 22.0. The number of hydrogen-bond acceptors (Lipinski definition) is 6. The summed E-state index contributed by atoms with van der Waals surface area (Å²) in [5.74, 6) is -0.314. The maximum Gasteiger partial charge on any atom is 0.331 e. The van der Waals surface area contributed by atoms with E-state index in [1.54, 1.807) is 17.0 Å². The van der Waals surface area contributed by atoms with Gasteiger partial charge in [-0.2, -0.15) is 0 Å². The molecule has 1 aromatic heterocycles. The third-order valence-electron chi connectivity index (χ3n) is 5.67. The van der Waals surface area contributed by atoms with Crippen molar-refractivity contribution in [2.24, 2.45) is 0 Å². The fourth-order valence-corrected chi connectivity index (χ4v) is 3.86. The SMILES string of the molecule is O=C(Cn1c(=O)ccn(Cc2ccccc2)c1=O)N1CCN(c2cccc([N+](=O)[O-])c2)CC1. The Balaban J connectivity index is 1.43. The van der Waals surface area contributed by atoms with Crippen LogP contribution in [0.3, 0.4) is 0 Å². The molecule has 33 heavy (non-hydrogen) atoms. The van der Waals surface area contributed by atoms with E-state index in [0.29, 0.717) is 32.7 Å². The normalized spacial score (nSPS) is 13.7. The average Bonchev–Trinajstić information content (AvgIpc) is 2.84. The summed E-state index contributed by atoms with van der Waals surface area (Å²) in [6.07, 6.45) is 1.44. The molecule has 2 aromatic carbocycles. The summed E-state index contributed by atoms with van der Waals surface area (Å²) in [5, 5.41) is 11.0. The van der Waals surface area contributed by atoms with Crippen LogP contribution in [-0.2, 0) is 17.9 Å². The monoisotopic (exact) mass is 449 g/mol. The smallest absolute Gasteiger partial charge is 0.331 e. The predicted molar refractivity (Wildman–Crippen MR) is 122 cm³/mol. The number of piperazine rings is 1. The van der Waals surface area contributed by atoms with Crippen molar-refractivity contribution in [2.45, 2.75) is 13.1 Å². The largest absolute Gasteiger partial charge is 0.368 e. The van der Waals surface area contributed by atoms with Crippen molar-refractivity contribution in [3.8, 4) is 0 Å². The second kappa shape index (κ2) is 9.51. The summed E-state index contributed by atoms with van der Waals surface area (Å²) in [5.41, 5.74) is 0.594. The van der Waals surface area contributed by atoms with Crippen LogP contribution in [0.1, 0.15) is 5.56 Å². The molecule has 1 amide bonds. The van der Waals surface area contributed by atoms with Gasteiger partial charge in [-0.05, 0) is 11.6 Å². The van der Waals surface area contributed by atoms with Gasteiger partial charge in [0.15, 0.2) is 0 Å². The van der Waals surface area contributed by atoms with E-state index in [0.717, 1.165) is 15.8 Å². The molecule has 1 aliphatic rings. The van der Waals surface area contributed by atoms with E-state index in [-0.39, 0.29) is 18.1 Å². The Morgan fingerprint density at radius 2 is 1.67 bits per heavy atom. The van der Waals surface area contributed by atoms with Gasteiger partial charge in [0, 0.05) is 56.3 Å². The molecule has 0 aliphatic carbocycles. The molecule has 0 atom stereocenters. The second-order valence-electron chi connectivity index (χ2n) is 7.78. The number of rotatable bonds is 6. The highest BCUT2D eigenvalue weighted by Gasteiger charge is 2.23. The van der Waals surface area contributed by atoms with Crippen LogP contribution in [0.4, 0.5) is 11.4 Å². The lowest BCUT2D eigenvalue weighted by molar-refractivity contribution is -0.384. The zero-order valence-electron chi connectivity index (χ0n) is 17.9. The lowest BCUT2D eigenvalue weighted by atomic mass is 10.2. The molecule has 1 fully saturated rings. The Labute approximate surface area is 189 Å². The minimum absolute atomic E-state index is 0.0150. The molecular formula is C23H23N5O5. The maximum absolute atomic E-state index is 12.8. The first-order chi connectivity index (χ1) is 15.9. The molecule has 1 saturated heterocycles. The maximum atomic E-state index is 12.8. The summed E-state index contributed by atoms with van der Waals surface area (Å²) in [7, 11) is 0. The molecule has 4 rings (SSSR count). The quantitative estimate of drug-likeness (QED) is 0.415. The molecule has 2 heterocycles. The Morgan fingerprint density at radius 1 is 0.939 bits per heavy atom. The van der Waals surface area contributed by atoms with Gasteiger partial charge in [0.25, 0.3) is 11.2 Å². The van der Waals surface area contributed by atoms with Crippen molar-refractivity contribution in [3.63, 3.8) is 0 Å². The molecule has 10 nitrogen and oxygen atoms in total. The van der Waals surface area contributed by atoms with E-state index < -0.39 is 16.2 Å². The number of nitro benzene ring substituents is 1. The van der Waals surface area contributed by atoms with Crippen LogP contribution in [0.2, 0.25) is 0 Å². The van der Waals surface area contributed by atoms with Crippen LogP contribution >= 0.6 is 0 Å². The minimum Gasteiger partial charge on any atom is -0.368 e. The van der Waals surface area contributed by atoms with Crippen LogP contribution in [0.5, 0.6) is 0 Å². The minimum atomic E-state index is -0.532. The van der Waals surface area contributed by atoms with Crippen molar-refractivity contribution >= 4 is 17.3 Å². The fourth-order valence-electron chi connectivity index (χ4n) is 3.86. The molecule has 0 saturated carbocycles. The van der Waals surface area contributed by atoms with E-state index in [9.17, 15) is 24.5 Å².